The summed E-state index contributed by atoms with van der Waals surface area (Å²) in [6.07, 6.45) is 2.01. The minimum absolute atomic E-state index is 0.0181. The van der Waals surface area contributed by atoms with Crippen LogP contribution in [-0.2, 0) is 4.79 Å². The molecule has 1 aliphatic rings. The van der Waals surface area contributed by atoms with Crippen LogP contribution < -0.4 is 5.32 Å². The first-order valence-electron chi connectivity index (χ1n) is 4.60. The van der Waals surface area contributed by atoms with Crippen LogP contribution in [0.4, 0.5) is 0 Å². The highest BCUT2D eigenvalue weighted by atomic mass is 16.2. The van der Waals surface area contributed by atoms with Gasteiger partial charge in [0, 0.05) is 19.1 Å². The number of hydrogen-bond acceptors (Lipinski definition) is 3. The Kier molecular flexibility index (Phi) is 3.71. The maximum absolute atomic E-state index is 11.3. The topological polar surface area (TPSA) is 56.1 Å². The highest BCUT2D eigenvalue weighted by Gasteiger charge is 2.20. The van der Waals surface area contributed by atoms with E-state index in [4.69, 9.17) is 5.26 Å². The molecule has 0 radical (unpaired) electrons. The van der Waals surface area contributed by atoms with Gasteiger partial charge < -0.3 is 10.2 Å². The number of carbonyl (C=O) groups excluding carboxylic acids is 1. The summed E-state index contributed by atoms with van der Waals surface area (Å²) in [7, 11) is 1.94. The summed E-state index contributed by atoms with van der Waals surface area (Å²) in [4.78, 5) is 13.1. The quantitative estimate of drug-likeness (QED) is 0.658. The average Bonchev–Trinajstić information content (AvgIpc) is 2.18. The summed E-state index contributed by atoms with van der Waals surface area (Å²) in [5.41, 5.74) is 0. The Morgan fingerprint density at radius 1 is 1.62 bits per heavy atom. The minimum atomic E-state index is -0.0305. The summed E-state index contributed by atoms with van der Waals surface area (Å²) in [5, 5.41) is 11.5. The van der Waals surface area contributed by atoms with E-state index in [0.717, 1.165) is 25.9 Å². The Balaban J connectivity index is 2.33. The Bertz CT molecular complexity index is 213. The van der Waals surface area contributed by atoms with Gasteiger partial charge in [0.15, 0.2) is 0 Å². The zero-order valence-electron chi connectivity index (χ0n) is 7.92. The third-order valence-corrected chi connectivity index (χ3v) is 2.49. The third kappa shape index (κ3) is 2.71. The molecule has 4 nitrogen and oxygen atoms in total. The predicted octanol–water partition coefficient (Wildman–Crippen LogP) is 0.110. The summed E-state index contributed by atoms with van der Waals surface area (Å²) in [6, 6.07) is 2.42. The van der Waals surface area contributed by atoms with Crippen molar-refractivity contribution in [2.45, 2.75) is 25.3 Å². The van der Waals surface area contributed by atoms with Crippen LogP contribution in [0, 0.1) is 11.3 Å². The van der Waals surface area contributed by atoms with Gasteiger partial charge in [-0.3, -0.25) is 4.79 Å². The van der Waals surface area contributed by atoms with Gasteiger partial charge >= 0.3 is 0 Å². The summed E-state index contributed by atoms with van der Waals surface area (Å²) in [5.74, 6) is -0.0305. The van der Waals surface area contributed by atoms with Crippen molar-refractivity contribution >= 4 is 5.91 Å². The van der Waals surface area contributed by atoms with Crippen molar-refractivity contribution in [2.24, 2.45) is 0 Å². The Labute approximate surface area is 78.5 Å². The van der Waals surface area contributed by atoms with Crippen LogP contribution in [0.25, 0.3) is 0 Å². The lowest BCUT2D eigenvalue weighted by atomic mass is 10.1. The van der Waals surface area contributed by atoms with E-state index in [1.54, 1.807) is 4.90 Å². The smallest absolute Gasteiger partial charge is 0.236 e. The van der Waals surface area contributed by atoms with E-state index in [0.29, 0.717) is 6.04 Å². The van der Waals surface area contributed by atoms with Crippen molar-refractivity contribution in [3.8, 4) is 6.07 Å². The second-order valence-corrected chi connectivity index (χ2v) is 3.28. The molecule has 0 saturated carbocycles. The fourth-order valence-corrected chi connectivity index (χ4v) is 1.60. The largest absolute Gasteiger partial charge is 0.342 e. The molecule has 1 saturated heterocycles. The molecule has 1 heterocycles. The first-order chi connectivity index (χ1) is 6.27. The SMILES string of the molecule is CNC1CCN(C(=O)CC#N)CC1. The molecule has 1 rings (SSSR count). The first kappa shape index (κ1) is 10.0. The zero-order valence-corrected chi connectivity index (χ0v) is 7.92. The van der Waals surface area contributed by atoms with Gasteiger partial charge in [-0.25, -0.2) is 0 Å². The van der Waals surface area contributed by atoms with Gasteiger partial charge in [-0.2, -0.15) is 5.26 Å². The molecule has 0 bridgehead atoms. The molecule has 72 valence electrons. The van der Waals surface area contributed by atoms with Gasteiger partial charge in [-0.15, -0.1) is 0 Å². The van der Waals surface area contributed by atoms with Crippen LogP contribution in [0.3, 0.4) is 0 Å². The molecule has 0 aromatic rings. The fourth-order valence-electron chi connectivity index (χ4n) is 1.60. The Morgan fingerprint density at radius 2 is 2.23 bits per heavy atom. The van der Waals surface area contributed by atoms with E-state index >= 15 is 0 Å². The lowest BCUT2D eigenvalue weighted by Crippen LogP contribution is -2.43. The van der Waals surface area contributed by atoms with Crippen molar-refractivity contribution < 1.29 is 4.79 Å². The number of nitriles is 1. The third-order valence-electron chi connectivity index (χ3n) is 2.49. The number of piperidine rings is 1. The van der Waals surface area contributed by atoms with Crippen molar-refractivity contribution in [1.29, 1.82) is 5.26 Å². The molecule has 0 unspecified atom stereocenters. The molecule has 4 heteroatoms. The van der Waals surface area contributed by atoms with E-state index in [9.17, 15) is 4.79 Å². The highest BCUT2D eigenvalue weighted by Crippen LogP contribution is 2.10. The number of rotatable bonds is 2. The normalized spacial score (nSPS) is 18.3. The molecule has 1 N–H and O–H groups in total. The lowest BCUT2D eigenvalue weighted by molar-refractivity contribution is -0.131. The number of nitrogens with zero attached hydrogens (tertiary/aromatic N) is 2. The van der Waals surface area contributed by atoms with Gasteiger partial charge in [0.2, 0.25) is 5.91 Å². The van der Waals surface area contributed by atoms with Crippen molar-refractivity contribution in [3.05, 3.63) is 0 Å². The average molecular weight is 181 g/mol. The van der Waals surface area contributed by atoms with Crippen LogP contribution in [0.1, 0.15) is 19.3 Å². The lowest BCUT2D eigenvalue weighted by Gasteiger charge is -2.31. The number of amides is 1. The molecule has 1 amide bonds. The van der Waals surface area contributed by atoms with Gasteiger partial charge in [0.1, 0.15) is 6.42 Å². The van der Waals surface area contributed by atoms with Crippen molar-refractivity contribution in [2.75, 3.05) is 20.1 Å². The van der Waals surface area contributed by atoms with Crippen LogP contribution in [0.2, 0.25) is 0 Å². The molecular formula is C9H15N3O. The number of carbonyl (C=O) groups is 1. The molecule has 0 spiro atoms. The van der Waals surface area contributed by atoms with Crippen molar-refractivity contribution in [3.63, 3.8) is 0 Å². The van der Waals surface area contributed by atoms with E-state index in [1.165, 1.54) is 0 Å². The molecule has 1 fully saturated rings. The molecule has 1 aliphatic heterocycles. The van der Waals surface area contributed by atoms with E-state index < -0.39 is 0 Å². The fraction of sp³-hybridized carbons (Fsp3) is 0.778. The van der Waals surface area contributed by atoms with E-state index in [-0.39, 0.29) is 12.3 Å². The summed E-state index contributed by atoms with van der Waals surface area (Å²) >= 11 is 0. The molecule has 0 aliphatic carbocycles. The molecule has 0 atom stereocenters. The standard InChI is InChI=1S/C9H15N3O/c1-11-8-3-6-12(7-4-8)9(13)2-5-10/h8,11H,2-4,6-7H2,1H3. The summed E-state index contributed by atoms with van der Waals surface area (Å²) in [6.45, 7) is 1.57. The maximum Gasteiger partial charge on any atom is 0.236 e. The van der Waals surface area contributed by atoms with Gasteiger partial charge in [0.05, 0.1) is 6.07 Å². The van der Waals surface area contributed by atoms with Crippen LogP contribution in [0.15, 0.2) is 0 Å². The van der Waals surface area contributed by atoms with Crippen LogP contribution in [0.5, 0.6) is 0 Å². The number of nitrogens with one attached hydrogen (secondary N) is 1. The van der Waals surface area contributed by atoms with Crippen LogP contribution >= 0.6 is 0 Å². The van der Waals surface area contributed by atoms with Gasteiger partial charge in [0.25, 0.3) is 0 Å². The second kappa shape index (κ2) is 4.83. The van der Waals surface area contributed by atoms with Gasteiger partial charge in [-0.05, 0) is 19.9 Å². The van der Waals surface area contributed by atoms with E-state index in [1.807, 2.05) is 13.1 Å². The van der Waals surface area contributed by atoms with E-state index in [2.05, 4.69) is 5.32 Å². The Hall–Kier alpha value is -1.08. The number of likely N-dealkylation sites (tertiary alicyclic amines) is 1. The second-order valence-electron chi connectivity index (χ2n) is 3.28. The summed E-state index contributed by atoms with van der Waals surface area (Å²) < 4.78 is 0. The van der Waals surface area contributed by atoms with Crippen LogP contribution in [-0.4, -0.2) is 37.0 Å². The molecular weight excluding hydrogens is 166 g/mol. The maximum atomic E-state index is 11.3. The van der Waals surface area contributed by atoms with Crippen molar-refractivity contribution in [1.82, 2.24) is 10.2 Å². The minimum Gasteiger partial charge on any atom is -0.342 e. The molecule has 0 aromatic heterocycles. The monoisotopic (exact) mass is 181 g/mol. The number of hydrogen-bond donors (Lipinski definition) is 1. The zero-order chi connectivity index (χ0) is 9.68. The van der Waals surface area contributed by atoms with Gasteiger partial charge in [-0.1, -0.05) is 0 Å². The molecule has 13 heavy (non-hydrogen) atoms. The molecule has 0 aromatic carbocycles. The Morgan fingerprint density at radius 3 is 2.69 bits per heavy atom. The highest BCUT2D eigenvalue weighted by molar-refractivity contribution is 5.78. The predicted molar refractivity (Wildman–Crippen MR) is 48.9 cm³/mol. The first-order valence-corrected chi connectivity index (χ1v) is 4.60.